The van der Waals surface area contributed by atoms with Gasteiger partial charge in [-0.1, -0.05) is 0 Å². The molecule has 3 rings (SSSR count). The van der Waals surface area contributed by atoms with Gasteiger partial charge in [0.05, 0.1) is 0 Å². The van der Waals surface area contributed by atoms with Gasteiger partial charge in [-0.15, -0.1) is 0 Å². The van der Waals surface area contributed by atoms with Crippen molar-refractivity contribution in [1.29, 1.82) is 0 Å². The molecular formula is C17H16OTi. The monoisotopic (exact) mass is 284 g/mol. The average Bonchev–Trinajstić information content (AvgIpc) is 2.84. The molecule has 0 amide bonds. The van der Waals surface area contributed by atoms with Gasteiger partial charge in [0, 0.05) is 0 Å². The predicted molar refractivity (Wildman–Crippen MR) is 74.8 cm³/mol. The van der Waals surface area contributed by atoms with Gasteiger partial charge in [-0.05, 0) is 0 Å². The summed E-state index contributed by atoms with van der Waals surface area (Å²) in [4.78, 5) is 0. The Hall–Kier alpha value is -1.31. The van der Waals surface area contributed by atoms with E-state index < -0.39 is 19.5 Å². The van der Waals surface area contributed by atoms with Crippen molar-refractivity contribution in [3.05, 3.63) is 70.8 Å². The zero-order chi connectivity index (χ0) is 13.2. The van der Waals surface area contributed by atoms with Gasteiger partial charge >= 0.3 is 124 Å². The summed E-state index contributed by atoms with van der Waals surface area (Å²) >= 11 is -0.508. The van der Waals surface area contributed by atoms with Crippen LogP contribution < -0.4 is 3.32 Å². The third-order valence-electron chi connectivity index (χ3n) is 3.65. The van der Waals surface area contributed by atoms with Gasteiger partial charge in [0.2, 0.25) is 0 Å². The molecule has 0 saturated heterocycles. The fourth-order valence-corrected chi connectivity index (χ4v) is 3.94. The third kappa shape index (κ3) is 2.54. The summed E-state index contributed by atoms with van der Waals surface area (Å²) < 4.78 is 6.63. The molecule has 1 aliphatic rings. The molecule has 1 aliphatic carbocycles. The van der Waals surface area contributed by atoms with Crippen LogP contribution in [0.4, 0.5) is 0 Å². The van der Waals surface area contributed by atoms with Crippen LogP contribution in [-0.4, -0.2) is 0 Å². The molecule has 0 radical (unpaired) electrons. The number of allylic oxidation sites excluding steroid dienone is 1. The molecule has 1 nitrogen and oxygen atoms in total. The topological polar surface area (TPSA) is 9.23 Å². The summed E-state index contributed by atoms with van der Waals surface area (Å²) in [6.45, 7) is 4.27. The van der Waals surface area contributed by atoms with Gasteiger partial charge < -0.3 is 0 Å². The van der Waals surface area contributed by atoms with E-state index in [0.717, 1.165) is 5.75 Å². The van der Waals surface area contributed by atoms with Crippen molar-refractivity contribution >= 4 is 6.08 Å². The van der Waals surface area contributed by atoms with Crippen LogP contribution in [-0.2, 0) is 19.5 Å². The summed E-state index contributed by atoms with van der Waals surface area (Å²) in [5.41, 5.74) is 5.33. The van der Waals surface area contributed by atoms with Crippen molar-refractivity contribution in [3.8, 4) is 5.75 Å². The van der Waals surface area contributed by atoms with Crippen molar-refractivity contribution in [3.63, 3.8) is 0 Å². The number of aryl methyl sites for hydroxylation is 1. The maximum absolute atomic E-state index is 6.13. The average molecular weight is 284 g/mol. The van der Waals surface area contributed by atoms with Crippen LogP contribution in [0.2, 0.25) is 0 Å². The van der Waals surface area contributed by atoms with E-state index in [0.29, 0.717) is 4.22 Å². The first-order valence-corrected chi connectivity index (χ1v) is 8.05. The van der Waals surface area contributed by atoms with E-state index in [1.165, 1.54) is 22.3 Å². The molecule has 1 atom stereocenters. The third-order valence-corrected chi connectivity index (χ3v) is 5.36. The minimum absolute atomic E-state index is 0.496. The molecule has 1 unspecified atom stereocenters. The zero-order valence-electron chi connectivity index (χ0n) is 11.2. The number of hydrogen-bond acceptors (Lipinski definition) is 1. The molecule has 0 bridgehead atoms. The zero-order valence-corrected chi connectivity index (χ0v) is 12.7. The van der Waals surface area contributed by atoms with Crippen LogP contribution in [0.15, 0.2) is 48.5 Å². The van der Waals surface area contributed by atoms with Crippen LogP contribution in [0.25, 0.3) is 6.08 Å². The van der Waals surface area contributed by atoms with Gasteiger partial charge in [-0.25, -0.2) is 0 Å². The van der Waals surface area contributed by atoms with Gasteiger partial charge in [-0.3, -0.25) is 0 Å². The molecule has 2 aromatic rings. The van der Waals surface area contributed by atoms with E-state index >= 15 is 0 Å². The first-order valence-electron chi connectivity index (χ1n) is 6.51. The Morgan fingerprint density at radius 2 is 1.84 bits per heavy atom. The Balaban J connectivity index is 1.75. The Bertz CT molecular complexity index is 631. The standard InChI is InChI=1S/C9H7.C8H10O.Ti/c1-2-5-9-7-3-6-8(9)4-1;1-6-4-3-5-8(9)7(6)2;/h1-7H;3-5,9H,1-2H3;/q;;+1/p-1. The summed E-state index contributed by atoms with van der Waals surface area (Å²) in [5, 5.41) is 0. The maximum atomic E-state index is 6.13. The summed E-state index contributed by atoms with van der Waals surface area (Å²) in [6, 6.07) is 14.9. The Morgan fingerprint density at radius 1 is 1.00 bits per heavy atom. The summed E-state index contributed by atoms with van der Waals surface area (Å²) in [6.07, 6.45) is 4.51. The van der Waals surface area contributed by atoms with E-state index in [9.17, 15) is 0 Å². The second-order valence-electron chi connectivity index (χ2n) is 4.88. The molecule has 0 fully saturated rings. The van der Waals surface area contributed by atoms with Crippen molar-refractivity contribution in [1.82, 2.24) is 0 Å². The number of hydrogen-bond donors (Lipinski definition) is 0. The normalized spacial score (nSPS) is 16.2. The van der Waals surface area contributed by atoms with Crippen molar-refractivity contribution in [2.24, 2.45) is 0 Å². The van der Waals surface area contributed by atoms with Gasteiger partial charge in [0.15, 0.2) is 0 Å². The molecule has 0 saturated carbocycles. The molecule has 19 heavy (non-hydrogen) atoms. The first-order chi connectivity index (χ1) is 9.25. The molecule has 2 heteroatoms. The molecule has 0 heterocycles. The minimum atomic E-state index is -0.508. The Kier molecular flexibility index (Phi) is 3.59. The van der Waals surface area contributed by atoms with Gasteiger partial charge in [0.25, 0.3) is 0 Å². The van der Waals surface area contributed by atoms with Crippen LogP contribution in [0.1, 0.15) is 26.5 Å². The van der Waals surface area contributed by atoms with Crippen LogP contribution in [0, 0.1) is 13.8 Å². The van der Waals surface area contributed by atoms with Crippen molar-refractivity contribution < 1.29 is 22.9 Å². The quantitative estimate of drug-likeness (QED) is 0.757. The molecule has 0 aromatic heterocycles. The number of benzene rings is 2. The molecule has 94 valence electrons. The molecule has 0 N–H and O–H groups in total. The van der Waals surface area contributed by atoms with Crippen molar-refractivity contribution in [2.45, 2.75) is 18.1 Å². The first kappa shape index (κ1) is 12.7. The SMILES string of the molecule is Cc1cccc([O][Ti][CH]2C=Cc3ccccc32)c1C. The van der Waals surface area contributed by atoms with E-state index in [2.05, 4.69) is 68.5 Å². The molecule has 2 aromatic carbocycles. The number of rotatable bonds is 3. The number of fused-ring (bicyclic) bond motifs is 1. The summed E-state index contributed by atoms with van der Waals surface area (Å²) in [7, 11) is 0. The van der Waals surface area contributed by atoms with Gasteiger partial charge in [0.1, 0.15) is 0 Å². The summed E-state index contributed by atoms with van der Waals surface area (Å²) in [5.74, 6) is 1.05. The Labute approximate surface area is 123 Å². The van der Waals surface area contributed by atoms with E-state index in [4.69, 9.17) is 3.32 Å². The van der Waals surface area contributed by atoms with E-state index in [-0.39, 0.29) is 0 Å². The van der Waals surface area contributed by atoms with E-state index in [1.807, 2.05) is 0 Å². The fraction of sp³-hybridized carbons (Fsp3) is 0.176. The fourth-order valence-electron chi connectivity index (χ4n) is 2.31. The molecule has 0 aliphatic heterocycles. The molecular weight excluding hydrogens is 268 g/mol. The van der Waals surface area contributed by atoms with Crippen LogP contribution in [0.5, 0.6) is 5.75 Å². The second-order valence-corrected chi connectivity index (χ2v) is 6.54. The van der Waals surface area contributed by atoms with Gasteiger partial charge in [-0.2, -0.15) is 0 Å². The van der Waals surface area contributed by atoms with Crippen LogP contribution in [0.3, 0.4) is 0 Å². The van der Waals surface area contributed by atoms with Crippen molar-refractivity contribution in [2.75, 3.05) is 0 Å². The van der Waals surface area contributed by atoms with E-state index in [1.54, 1.807) is 0 Å². The second kappa shape index (κ2) is 5.36. The predicted octanol–water partition coefficient (Wildman–Crippen LogP) is 4.45. The molecule has 0 spiro atoms. The van der Waals surface area contributed by atoms with Crippen LogP contribution >= 0.6 is 0 Å². The Morgan fingerprint density at radius 3 is 2.74 bits per heavy atom.